The van der Waals surface area contributed by atoms with Gasteiger partial charge in [0.25, 0.3) is 0 Å². The van der Waals surface area contributed by atoms with Gasteiger partial charge in [0.15, 0.2) is 0 Å². The molecule has 1 heterocycles. The van der Waals surface area contributed by atoms with Gasteiger partial charge >= 0.3 is 6.36 Å². The average molecular weight is 370 g/mol. The Morgan fingerprint density at radius 2 is 1.85 bits per heavy atom. The molecular weight excluding hydrogens is 349 g/mol. The lowest BCUT2D eigenvalue weighted by Gasteiger charge is -2.16. The van der Waals surface area contributed by atoms with Crippen LogP contribution in [0.25, 0.3) is 11.3 Å². The fourth-order valence-electron chi connectivity index (χ4n) is 2.47. The molecule has 0 radical (unpaired) electrons. The van der Waals surface area contributed by atoms with E-state index in [0.29, 0.717) is 22.8 Å². The lowest BCUT2D eigenvalue weighted by atomic mass is 10.1. The van der Waals surface area contributed by atoms with Gasteiger partial charge in [0.2, 0.25) is 5.88 Å². The van der Waals surface area contributed by atoms with E-state index in [2.05, 4.69) is 14.7 Å². The Bertz CT molecular complexity index is 747. The van der Waals surface area contributed by atoms with E-state index in [1.54, 1.807) is 6.92 Å². The third kappa shape index (κ3) is 5.00. The third-order valence-corrected chi connectivity index (χ3v) is 3.78. The van der Waals surface area contributed by atoms with Gasteiger partial charge in [0, 0.05) is 11.6 Å². The smallest absolute Gasteiger partial charge is 0.496 e. The molecule has 0 aliphatic heterocycles. The minimum Gasteiger partial charge on any atom is -0.496 e. The fourth-order valence-corrected chi connectivity index (χ4v) is 2.47. The topological polar surface area (TPSA) is 53.5 Å². The molecular formula is C18H21F3N2O3. The molecule has 0 spiro atoms. The van der Waals surface area contributed by atoms with E-state index >= 15 is 0 Å². The molecule has 0 unspecified atom stereocenters. The van der Waals surface area contributed by atoms with Crippen LogP contribution in [-0.4, -0.2) is 29.5 Å². The lowest BCUT2D eigenvalue weighted by Crippen LogP contribution is -2.17. The van der Waals surface area contributed by atoms with Crippen LogP contribution < -0.4 is 14.2 Å². The van der Waals surface area contributed by atoms with Crippen LogP contribution in [0.3, 0.4) is 0 Å². The lowest BCUT2D eigenvalue weighted by molar-refractivity contribution is -0.274. The second-order valence-corrected chi connectivity index (χ2v) is 5.61. The minimum absolute atomic E-state index is 0.0582. The maximum atomic E-state index is 12.4. The Hall–Kier alpha value is -2.51. The predicted molar refractivity (Wildman–Crippen MR) is 90.4 cm³/mol. The van der Waals surface area contributed by atoms with E-state index in [1.165, 1.54) is 31.5 Å². The normalized spacial score (nSPS) is 11.5. The van der Waals surface area contributed by atoms with Crippen LogP contribution in [0.2, 0.25) is 0 Å². The Morgan fingerprint density at radius 1 is 1.15 bits per heavy atom. The van der Waals surface area contributed by atoms with E-state index in [4.69, 9.17) is 9.47 Å². The van der Waals surface area contributed by atoms with Gasteiger partial charge in [-0.05, 0) is 31.9 Å². The van der Waals surface area contributed by atoms with Crippen LogP contribution in [0.1, 0.15) is 32.4 Å². The summed E-state index contributed by atoms with van der Waals surface area (Å²) in [7, 11) is 1.36. The van der Waals surface area contributed by atoms with Gasteiger partial charge in [-0.25, -0.2) is 9.97 Å². The van der Waals surface area contributed by atoms with E-state index in [9.17, 15) is 13.2 Å². The molecule has 0 atom stereocenters. The molecule has 2 rings (SSSR count). The van der Waals surface area contributed by atoms with Crippen molar-refractivity contribution in [2.24, 2.45) is 0 Å². The second-order valence-electron chi connectivity index (χ2n) is 5.61. The van der Waals surface area contributed by atoms with Gasteiger partial charge in [0.05, 0.1) is 30.8 Å². The van der Waals surface area contributed by atoms with Crippen molar-refractivity contribution in [1.29, 1.82) is 0 Å². The Morgan fingerprint density at radius 3 is 2.38 bits per heavy atom. The number of nitrogens with zero attached hydrogens (tertiary/aromatic N) is 2. The number of aromatic nitrogens is 2. The molecule has 142 valence electrons. The summed E-state index contributed by atoms with van der Waals surface area (Å²) in [6.07, 6.45) is -1.50. The molecule has 0 bridgehead atoms. The molecule has 0 amide bonds. The van der Waals surface area contributed by atoms with Crippen LogP contribution in [0.15, 0.2) is 24.4 Å². The van der Waals surface area contributed by atoms with Crippen molar-refractivity contribution in [3.63, 3.8) is 0 Å². The fraction of sp³-hybridized carbons (Fsp3) is 0.444. The van der Waals surface area contributed by atoms with Crippen LogP contribution >= 0.6 is 0 Å². The molecule has 2 aromatic rings. The van der Waals surface area contributed by atoms with Crippen molar-refractivity contribution in [3.8, 4) is 28.6 Å². The van der Waals surface area contributed by atoms with Crippen molar-refractivity contribution in [2.75, 3.05) is 7.11 Å². The monoisotopic (exact) mass is 370 g/mol. The van der Waals surface area contributed by atoms with Crippen molar-refractivity contribution < 1.29 is 27.4 Å². The number of benzene rings is 1. The molecule has 0 aliphatic carbocycles. The first-order chi connectivity index (χ1) is 12.3. The minimum atomic E-state index is -4.77. The maximum absolute atomic E-state index is 12.4. The quantitative estimate of drug-likeness (QED) is 0.692. The van der Waals surface area contributed by atoms with Gasteiger partial charge in [-0.3, -0.25) is 0 Å². The summed E-state index contributed by atoms with van der Waals surface area (Å²) in [5.41, 5.74) is 1.59. The number of halogens is 3. The number of methoxy groups -OCH3 is 1. The van der Waals surface area contributed by atoms with Gasteiger partial charge in [-0.15, -0.1) is 13.2 Å². The van der Waals surface area contributed by atoms with Gasteiger partial charge in [-0.2, -0.15) is 0 Å². The van der Waals surface area contributed by atoms with Gasteiger partial charge in [-0.1, -0.05) is 13.8 Å². The van der Waals surface area contributed by atoms with Crippen LogP contribution in [-0.2, 0) is 0 Å². The van der Waals surface area contributed by atoms with E-state index in [0.717, 1.165) is 12.8 Å². The first-order valence-electron chi connectivity index (χ1n) is 8.21. The van der Waals surface area contributed by atoms with Crippen molar-refractivity contribution in [2.45, 2.75) is 46.1 Å². The zero-order chi connectivity index (χ0) is 19.3. The van der Waals surface area contributed by atoms with Crippen molar-refractivity contribution in [3.05, 3.63) is 30.1 Å². The molecule has 0 aliphatic rings. The zero-order valence-corrected chi connectivity index (χ0v) is 15.1. The summed E-state index contributed by atoms with van der Waals surface area (Å²) in [6, 6.07) is 3.83. The largest absolute Gasteiger partial charge is 0.573 e. The molecule has 8 heteroatoms. The summed E-state index contributed by atoms with van der Waals surface area (Å²) in [6.45, 7) is 5.80. The predicted octanol–water partition coefficient (Wildman–Crippen LogP) is 4.93. The molecule has 1 aromatic carbocycles. The Kier molecular flexibility index (Phi) is 6.28. The molecule has 1 aromatic heterocycles. The van der Waals surface area contributed by atoms with Crippen molar-refractivity contribution in [1.82, 2.24) is 9.97 Å². The molecule has 5 nitrogen and oxygen atoms in total. The van der Waals surface area contributed by atoms with E-state index in [1.807, 2.05) is 13.8 Å². The molecule has 0 N–H and O–H groups in total. The van der Waals surface area contributed by atoms with Crippen LogP contribution in [0.5, 0.6) is 17.4 Å². The zero-order valence-electron chi connectivity index (χ0n) is 15.1. The number of hydrogen-bond acceptors (Lipinski definition) is 5. The number of ether oxygens (including phenoxy) is 3. The molecule has 0 saturated carbocycles. The Labute approximate surface area is 150 Å². The maximum Gasteiger partial charge on any atom is 0.573 e. The third-order valence-electron chi connectivity index (χ3n) is 3.78. The van der Waals surface area contributed by atoms with Crippen LogP contribution in [0, 0.1) is 6.92 Å². The van der Waals surface area contributed by atoms with E-state index < -0.39 is 6.36 Å². The molecule has 0 fully saturated rings. The number of aryl methyl sites for hydroxylation is 1. The second kappa shape index (κ2) is 8.25. The highest BCUT2D eigenvalue weighted by molar-refractivity contribution is 5.70. The summed E-state index contributed by atoms with van der Waals surface area (Å²) >= 11 is 0. The van der Waals surface area contributed by atoms with E-state index in [-0.39, 0.29) is 17.6 Å². The Balaban J connectivity index is 2.32. The highest BCUT2D eigenvalue weighted by Gasteiger charge is 2.31. The SMILES string of the molecule is CCC(CC)Oc1cnc(-c2ccc(OC(F)(F)F)cc2OC)c(C)n1. The number of hydrogen-bond donors (Lipinski definition) is 0. The molecule has 0 saturated heterocycles. The number of alkyl halides is 3. The molecule has 26 heavy (non-hydrogen) atoms. The summed E-state index contributed by atoms with van der Waals surface area (Å²) < 4.78 is 52.0. The van der Waals surface area contributed by atoms with Crippen molar-refractivity contribution >= 4 is 0 Å². The summed E-state index contributed by atoms with van der Waals surface area (Å²) in [5, 5.41) is 0. The van der Waals surface area contributed by atoms with Gasteiger partial charge in [0.1, 0.15) is 11.5 Å². The highest BCUT2D eigenvalue weighted by atomic mass is 19.4. The first kappa shape index (κ1) is 19.8. The van der Waals surface area contributed by atoms with Crippen LogP contribution in [0.4, 0.5) is 13.2 Å². The number of rotatable bonds is 7. The first-order valence-corrected chi connectivity index (χ1v) is 8.21. The highest BCUT2D eigenvalue weighted by Crippen LogP contribution is 2.35. The summed E-state index contributed by atoms with van der Waals surface area (Å²) in [4.78, 5) is 8.74. The summed E-state index contributed by atoms with van der Waals surface area (Å²) in [5.74, 6) is 0.256. The van der Waals surface area contributed by atoms with Gasteiger partial charge < -0.3 is 14.2 Å². The standard InChI is InChI=1S/C18H21F3N2O3/c1-5-12(6-2)25-16-10-22-17(11(3)23-16)14-8-7-13(9-15(14)24-4)26-18(19,20)21/h7-10,12H,5-6H2,1-4H3. The average Bonchev–Trinajstić information content (AvgIpc) is 2.58.